The first-order valence-electron chi connectivity index (χ1n) is 8.52. The Hall–Kier alpha value is -1.80. The van der Waals surface area contributed by atoms with Crippen LogP contribution in [0.1, 0.15) is 36.5 Å². The van der Waals surface area contributed by atoms with E-state index in [0.717, 1.165) is 18.7 Å². The molecule has 0 radical (unpaired) electrons. The molecule has 23 heavy (non-hydrogen) atoms. The Labute approximate surface area is 140 Å². The standard InChI is InChI=1S/C21H27NO/c1-15(2)21-12-17-10-11-18(23-4)13-19(17)20(14-22(21)3)16-8-6-5-7-9-16/h5-11,13,15,20-21H,12,14H2,1-4H3/t20-,21-/m0/s1. The van der Waals surface area contributed by atoms with Crippen LogP contribution in [0, 0.1) is 5.92 Å². The molecule has 2 atom stereocenters. The van der Waals surface area contributed by atoms with E-state index in [1.54, 1.807) is 7.11 Å². The Bertz CT molecular complexity index is 650. The van der Waals surface area contributed by atoms with Crippen LogP contribution in [0.5, 0.6) is 5.75 Å². The molecule has 0 N–H and O–H groups in total. The molecule has 0 saturated heterocycles. The van der Waals surface area contributed by atoms with Crippen LogP contribution in [0.4, 0.5) is 0 Å². The second-order valence-corrected chi connectivity index (χ2v) is 6.98. The number of likely N-dealkylation sites (N-methyl/N-ethyl adjacent to an activating group) is 1. The molecule has 0 spiro atoms. The van der Waals surface area contributed by atoms with E-state index >= 15 is 0 Å². The van der Waals surface area contributed by atoms with Gasteiger partial charge in [0.05, 0.1) is 7.11 Å². The number of methoxy groups -OCH3 is 1. The Morgan fingerprint density at radius 1 is 1.09 bits per heavy atom. The molecule has 0 saturated carbocycles. The van der Waals surface area contributed by atoms with Crippen molar-refractivity contribution >= 4 is 0 Å². The predicted octanol–water partition coefficient (Wildman–Crippen LogP) is 4.34. The molecular formula is C21H27NO. The van der Waals surface area contributed by atoms with Gasteiger partial charge < -0.3 is 9.64 Å². The van der Waals surface area contributed by atoms with Gasteiger partial charge in [-0.3, -0.25) is 0 Å². The van der Waals surface area contributed by atoms with E-state index < -0.39 is 0 Å². The van der Waals surface area contributed by atoms with Gasteiger partial charge >= 0.3 is 0 Å². The van der Waals surface area contributed by atoms with Crippen LogP contribution in [0.15, 0.2) is 48.5 Å². The first-order valence-corrected chi connectivity index (χ1v) is 8.52. The summed E-state index contributed by atoms with van der Waals surface area (Å²) in [7, 11) is 4.02. The van der Waals surface area contributed by atoms with Crippen LogP contribution in [0.3, 0.4) is 0 Å². The molecule has 0 unspecified atom stereocenters. The number of ether oxygens (including phenoxy) is 1. The SMILES string of the molecule is COc1ccc2c(c1)[C@H](c1ccccc1)CN(C)[C@H](C(C)C)C2. The van der Waals surface area contributed by atoms with Gasteiger partial charge in [0, 0.05) is 18.5 Å². The van der Waals surface area contributed by atoms with Gasteiger partial charge in [0.15, 0.2) is 0 Å². The smallest absolute Gasteiger partial charge is 0.119 e. The number of benzene rings is 2. The zero-order chi connectivity index (χ0) is 16.4. The van der Waals surface area contributed by atoms with E-state index in [1.165, 1.54) is 16.7 Å². The average molecular weight is 309 g/mol. The molecule has 0 bridgehead atoms. The average Bonchev–Trinajstić information content (AvgIpc) is 2.72. The van der Waals surface area contributed by atoms with Crippen molar-refractivity contribution in [3.05, 3.63) is 65.2 Å². The van der Waals surface area contributed by atoms with Crippen molar-refractivity contribution in [2.24, 2.45) is 5.92 Å². The number of nitrogens with zero attached hydrogens (tertiary/aromatic N) is 1. The van der Waals surface area contributed by atoms with Gasteiger partial charge in [0.1, 0.15) is 5.75 Å². The minimum absolute atomic E-state index is 0.398. The van der Waals surface area contributed by atoms with Crippen LogP contribution < -0.4 is 4.74 Å². The molecule has 122 valence electrons. The van der Waals surface area contributed by atoms with Gasteiger partial charge in [0.25, 0.3) is 0 Å². The third-order valence-electron chi connectivity index (χ3n) is 5.17. The van der Waals surface area contributed by atoms with Crippen molar-refractivity contribution in [3.8, 4) is 5.75 Å². The summed E-state index contributed by atoms with van der Waals surface area (Å²) in [6.07, 6.45) is 1.11. The van der Waals surface area contributed by atoms with E-state index in [1.807, 2.05) is 0 Å². The van der Waals surface area contributed by atoms with Crippen LogP contribution in [-0.4, -0.2) is 31.6 Å². The maximum absolute atomic E-state index is 5.49. The molecule has 2 aromatic carbocycles. The molecule has 0 fully saturated rings. The highest BCUT2D eigenvalue weighted by Gasteiger charge is 2.30. The van der Waals surface area contributed by atoms with Crippen molar-refractivity contribution in [2.75, 3.05) is 20.7 Å². The summed E-state index contributed by atoms with van der Waals surface area (Å²) >= 11 is 0. The molecule has 0 amide bonds. The number of hydrogen-bond donors (Lipinski definition) is 0. The zero-order valence-corrected chi connectivity index (χ0v) is 14.6. The summed E-state index contributed by atoms with van der Waals surface area (Å²) in [5.41, 5.74) is 4.27. The summed E-state index contributed by atoms with van der Waals surface area (Å²) in [5.74, 6) is 2.00. The number of hydrogen-bond acceptors (Lipinski definition) is 2. The third kappa shape index (κ3) is 3.28. The van der Waals surface area contributed by atoms with E-state index in [-0.39, 0.29) is 0 Å². The summed E-state index contributed by atoms with van der Waals surface area (Å²) in [6, 6.07) is 18.0. The predicted molar refractivity (Wildman–Crippen MR) is 96.2 cm³/mol. The Morgan fingerprint density at radius 3 is 2.48 bits per heavy atom. The maximum Gasteiger partial charge on any atom is 0.119 e. The lowest BCUT2D eigenvalue weighted by atomic mass is 9.87. The van der Waals surface area contributed by atoms with Crippen LogP contribution in [0.25, 0.3) is 0 Å². The van der Waals surface area contributed by atoms with Crippen LogP contribution in [-0.2, 0) is 6.42 Å². The van der Waals surface area contributed by atoms with Crippen LogP contribution >= 0.6 is 0 Å². The highest BCUT2D eigenvalue weighted by Crippen LogP contribution is 2.36. The highest BCUT2D eigenvalue weighted by atomic mass is 16.5. The molecule has 0 aromatic heterocycles. The monoisotopic (exact) mass is 309 g/mol. The molecular weight excluding hydrogens is 282 g/mol. The Balaban J connectivity index is 2.09. The van der Waals surface area contributed by atoms with E-state index in [4.69, 9.17) is 4.74 Å². The lowest BCUT2D eigenvalue weighted by Gasteiger charge is -2.30. The number of fused-ring (bicyclic) bond motifs is 1. The van der Waals surface area contributed by atoms with E-state index in [2.05, 4.69) is 74.3 Å². The van der Waals surface area contributed by atoms with E-state index in [9.17, 15) is 0 Å². The van der Waals surface area contributed by atoms with Crippen molar-refractivity contribution in [1.82, 2.24) is 4.90 Å². The van der Waals surface area contributed by atoms with Gasteiger partial charge in [0.2, 0.25) is 0 Å². The van der Waals surface area contributed by atoms with Gasteiger partial charge in [-0.25, -0.2) is 0 Å². The lowest BCUT2D eigenvalue weighted by Crippen LogP contribution is -2.38. The van der Waals surface area contributed by atoms with Gasteiger partial charge in [-0.1, -0.05) is 50.2 Å². The van der Waals surface area contributed by atoms with Crippen molar-refractivity contribution in [1.29, 1.82) is 0 Å². The molecule has 1 heterocycles. The van der Waals surface area contributed by atoms with Crippen LogP contribution in [0.2, 0.25) is 0 Å². The quantitative estimate of drug-likeness (QED) is 0.836. The maximum atomic E-state index is 5.49. The fourth-order valence-electron chi connectivity index (χ4n) is 3.83. The minimum atomic E-state index is 0.398. The zero-order valence-electron chi connectivity index (χ0n) is 14.6. The third-order valence-corrected chi connectivity index (χ3v) is 5.17. The summed E-state index contributed by atoms with van der Waals surface area (Å²) in [5, 5.41) is 0. The second-order valence-electron chi connectivity index (χ2n) is 6.98. The molecule has 2 nitrogen and oxygen atoms in total. The van der Waals surface area contributed by atoms with Gasteiger partial charge in [-0.2, -0.15) is 0 Å². The lowest BCUT2D eigenvalue weighted by molar-refractivity contribution is 0.193. The van der Waals surface area contributed by atoms with Crippen molar-refractivity contribution in [2.45, 2.75) is 32.2 Å². The molecule has 1 aliphatic rings. The normalized spacial score (nSPS) is 21.8. The van der Waals surface area contributed by atoms with E-state index in [0.29, 0.717) is 17.9 Å². The van der Waals surface area contributed by atoms with Gasteiger partial charge in [-0.05, 0) is 48.2 Å². The Kier molecular flexibility index (Phi) is 4.72. The summed E-state index contributed by atoms with van der Waals surface area (Å²) in [6.45, 7) is 5.70. The topological polar surface area (TPSA) is 12.5 Å². The fraction of sp³-hybridized carbons (Fsp3) is 0.429. The summed E-state index contributed by atoms with van der Waals surface area (Å²) in [4.78, 5) is 2.54. The molecule has 2 heteroatoms. The summed E-state index contributed by atoms with van der Waals surface area (Å²) < 4.78 is 5.49. The highest BCUT2D eigenvalue weighted by molar-refractivity contribution is 5.44. The van der Waals surface area contributed by atoms with Crippen molar-refractivity contribution in [3.63, 3.8) is 0 Å². The number of rotatable bonds is 3. The first kappa shape index (κ1) is 16.1. The second kappa shape index (κ2) is 6.76. The minimum Gasteiger partial charge on any atom is -0.497 e. The van der Waals surface area contributed by atoms with Crippen molar-refractivity contribution < 1.29 is 4.74 Å². The fourth-order valence-corrected chi connectivity index (χ4v) is 3.83. The largest absolute Gasteiger partial charge is 0.497 e. The molecule has 0 aliphatic carbocycles. The molecule has 1 aliphatic heterocycles. The molecule has 3 rings (SSSR count). The van der Waals surface area contributed by atoms with Gasteiger partial charge in [-0.15, -0.1) is 0 Å². The first-order chi connectivity index (χ1) is 11.1. The molecule has 2 aromatic rings. The Morgan fingerprint density at radius 2 is 1.83 bits per heavy atom.